The number of hydrogen-bond acceptors (Lipinski definition) is 13. The minimum absolute atomic E-state index is 0.105. The minimum atomic E-state index is -1.69. The van der Waals surface area contributed by atoms with E-state index in [1.54, 1.807) is 6.92 Å². The molecule has 6 N–H and O–H groups in total. The molecular weight excluding hydrogens is 496 g/mol. The molecule has 0 aromatic carbocycles. The first-order chi connectivity index (χ1) is 17.6. The Bertz CT molecular complexity index is 912. The molecule has 14 heteroatoms. The summed E-state index contributed by atoms with van der Waals surface area (Å²) in [5.74, 6) is -4.50. The Kier molecular flexibility index (Phi) is 8.48. The first kappa shape index (κ1) is 27.8. The van der Waals surface area contributed by atoms with Gasteiger partial charge in [0.15, 0.2) is 0 Å². The van der Waals surface area contributed by atoms with E-state index in [2.05, 4.69) is 5.16 Å². The molecular formula is C23H34N2O12. The van der Waals surface area contributed by atoms with Crippen LogP contribution in [0.5, 0.6) is 0 Å². The third-order valence-electron chi connectivity index (χ3n) is 7.84. The largest absolute Gasteiger partial charge is 0.466 e. The van der Waals surface area contributed by atoms with Crippen molar-refractivity contribution in [2.24, 2.45) is 28.8 Å². The summed E-state index contributed by atoms with van der Waals surface area (Å²) in [6, 6.07) is 0. The number of ether oxygens (including phenoxy) is 2. The molecule has 0 radical (unpaired) electrons. The number of carbonyl (C=O) groups excluding carboxylic acids is 3. The number of carbonyl (C=O) groups is 3. The number of fused-ring (bicyclic) bond motifs is 3. The topological polar surface area (TPSA) is 216 Å². The molecule has 0 aromatic heterocycles. The number of esters is 1. The lowest BCUT2D eigenvalue weighted by atomic mass is 9.60. The number of rotatable bonds is 7. The van der Waals surface area contributed by atoms with E-state index in [1.807, 2.05) is 0 Å². The van der Waals surface area contributed by atoms with Crippen molar-refractivity contribution in [3.05, 3.63) is 0 Å². The summed E-state index contributed by atoms with van der Waals surface area (Å²) in [5, 5.41) is 64.9. The van der Waals surface area contributed by atoms with E-state index < -0.39 is 91.0 Å². The molecule has 0 unspecified atom stereocenters. The van der Waals surface area contributed by atoms with Crippen LogP contribution in [0.4, 0.5) is 0 Å². The standard InChI is InChI=1S/C23H34N2O12/c1-2-35-14(28)5-6-25-21(33)10-4-3-9-11(7-12(27)17(29)15(9)16(10)22(25)34)24-37-23-20(32)19(31)18(30)13(8-26)36-23/h9-10,12-13,15-20,23,26-27,29-32H,2-8H2,1H3/b24-11+/t9-,10-,12-,13-,15+,16-,17-,18-,19+,20-,23+/m1/s1. The molecule has 2 amide bonds. The highest BCUT2D eigenvalue weighted by molar-refractivity contribution is 6.06. The summed E-state index contributed by atoms with van der Waals surface area (Å²) in [5.41, 5.74) is 0.281. The molecule has 2 saturated carbocycles. The van der Waals surface area contributed by atoms with Crippen LogP contribution < -0.4 is 0 Å². The van der Waals surface area contributed by atoms with Crippen LogP contribution in [-0.2, 0) is 28.7 Å². The summed E-state index contributed by atoms with van der Waals surface area (Å²) in [6.07, 6.45) is -9.87. The van der Waals surface area contributed by atoms with Crippen molar-refractivity contribution in [2.45, 2.75) is 75.5 Å². The second-order valence-corrected chi connectivity index (χ2v) is 9.92. The van der Waals surface area contributed by atoms with Crippen molar-refractivity contribution in [1.82, 2.24) is 4.90 Å². The molecule has 37 heavy (non-hydrogen) atoms. The molecule has 0 aromatic rings. The van der Waals surface area contributed by atoms with Crippen LogP contribution in [0.2, 0.25) is 0 Å². The maximum Gasteiger partial charge on any atom is 0.307 e. The molecule has 14 nitrogen and oxygen atoms in total. The second-order valence-electron chi connectivity index (χ2n) is 9.92. The molecule has 2 heterocycles. The molecule has 2 aliphatic heterocycles. The zero-order valence-electron chi connectivity index (χ0n) is 20.3. The molecule has 2 saturated heterocycles. The number of oxime groups is 1. The van der Waals surface area contributed by atoms with Gasteiger partial charge in [-0.2, -0.15) is 0 Å². The predicted octanol–water partition coefficient (Wildman–Crippen LogP) is -3.13. The maximum atomic E-state index is 13.3. The van der Waals surface area contributed by atoms with Gasteiger partial charge < -0.3 is 45.0 Å². The fourth-order valence-electron chi connectivity index (χ4n) is 5.97. The average molecular weight is 531 g/mol. The van der Waals surface area contributed by atoms with E-state index in [0.717, 1.165) is 4.90 Å². The zero-order chi connectivity index (χ0) is 27.0. The smallest absolute Gasteiger partial charge is 0.307 e. The summed E-state index contributed by atoms with van der Waals surface area (Å²) < 4.78 is 10.2. The van der Waals surface area contributed by atoms with Gasteiger partial charge in [-0.25, -0.2) is 0 Å². The molecule has 4 rings (SSSR count). The van der Waals surface area contributed by atoms with Gasteiger partial charge in [0.2, 0.25) is 11.8 Å². The third-order valence-corrected chi connectivity index (χ3v) is 7.84. The molecule has 11 atom stereocenters. The lowest BCUT2D eigenvalue weighted by molar-refractivity contribution is -0.301. The number of aliphatic hydroxyl groups is 6. The lowest BCUT2D eigenvalue weighted by Crippen LogP contribution is -2.59. The number of hydrogen-bond donors (Lipinski definition) is 6. The number of amides is 2. The Hall–Kier alpha value is -2.20. The van der Waals surface area contributed by atoms with Crippen LogP contribution in [0.25, 0.3) is 0 Å². The summed E-state index contributed by atoms with van der Waals surface area (Å²) in [7, 11) is 0. The van der Waals surface area contributed by atoms with Gasteiger partial charge in [-0.1, -0.05) is 5.16 Å². The van der Waals surface area contributed by atoms with E-state index in [0.29, 0.717) is 12.8 Å². The highest BCUT2D eigenvalue weighted by Gasteiger charge is 2.59. The number of aliphatic hydroxyl groups excluding tert-OH is 6. The molecule has 0 spiro atoms. The van der Waals surface area contributed by atoms with Crippen molar-refractivity contribution in [2.75, 3.05) is 19.8 Å². The van der Waals surface area contributed by atoms with Gasteiger partial charge >= 0.3 is 5.97 Å². The Balaban J connectivity index is 1.52. The van der Waals surface area contributed by atoms with Gasteiger partial charge in [-0.3, -0.25) is 19.3 Å². The van der Waals surface area contributed by atoms with Gasteiger partial charge in [-0.05, 0) is 19.8 Å². The van der Waals surface area contributed by atoms with E-state index in [9.17, 15) is 45.0 Å². The first-order valence-corrected chi connectivity index (χ1v) is 12.5. The van der Waals surface area contributed by atoms with Gasteiger partial charge in [0.05, 0.1) is 49.4 Å². The van der Waals surface area contributed by atoms with Crippen molar-refractivity contribution in [1.29, 1.82) is 0 Å². The predicted molar refractivity (Wildman–Crippen MR) is 120 cm³/mol. The van der Waals surface area contributed by atoms with E-state index >= 15 is 0 Å². The van der Waals surface area contributed by atoms with Crippen LogP contribution in [-0.4, -0.2) is 122 Å². The fourth-order valence-corrected chi connectivity index (χ4v) is 5.97. The molecule has 208 valence electrons. The summed E-state index contributed by atoms with van der Waals surface area (Å²) in [6.45, 7) is 1.03. The van der Waals surface area contributed by atoms with Crippen LogP contribution in [0, 0.1) is 23.7 Å². The van der Waals surface area contributed by atoms with Crippen LogP contribution in [0.15, 0.2) is 5.16 Å². The molecule has 4 aliphatic rings. The maximum absolute atomic E-state index is 13.3. The average Bonchev–Trinajstić information content (AvgIpc) is 3.12. The number of nitrogens with zero attached hydrogens (tertiary/aromatic N) is 2. The minimum Gasteiger partial charge on any atom is -0.466 e. The third kappa shape index (κ3) is 5.11. The van der Waals surface area contributed by atoms with Crippen LogP contribution >= 0.6 is 0 Å². The Morgan fingerprint density at radius 1 is 1.03 bits per heavy atom. The number of likely N-dealkylation sites (tertiary alicyclic amines) is 1. The zero-order valence-corrected chi connectivity index (χ0v) is 20.3. The molecule has 4 fully saturated rings. The Labute approximate surface area is 212 Å². The van der Waals surface area contributed by atoms with Crippen LogP contribution in [0.1, 0.15) is 32.6 Å². The van der Waals surface area contributed by atoms with E-state index in [-0.39, 0.29) is 31.7 Å². The van der Waals surface area contributed by atoms with Gasteiger partial charge in [0, 0.05) is 24.8 Å². The highest BCUT2D eigenvalue weighted by Crippen LogP contribution is 2.49. The van der Waals surface area contributed by atoms with Gasteiger partial charge in [0.25, 0.3) is 6.29 Å². The lowest BCUT2D eigenvalue weighted by Gasteiger charge is -2.45. The van der Waals surface area contributed by atoms with E-state index in [1.165, 1.54) is 0 Å². The quantitative estimate of drug-likeness (QED) is 0.109. The fraction of sp³-hybridized carbons (Fsp3) is 0.826. The Morgan fingerprint density at radius 2 is 1.73 bits per heavy atom. The van der Waals surface area contributed by atoms with E-state index in [4.69, 9.17) is 14.3 Å². The van der Waals surface area contributed by atoms with Gasteiger partial charge in [0.1, 0.15) is 24.4 Å². The monoisotopic (exact) mass is 530 g/mol. The van der Waals surface area contributed by atoms with Crippen molar-refractivity contribution in [3.63, 3.8) is 0 Å². The Morgan fingerprint density at radius 3 is 2.41 bits per heavy atom. The first-order valence-electron chi connectivity index (χ1n) is 12.5. The number of imide groups is 1. The summed E-state index contributed by atoms with van der Waals surface area (Å²) in [4.78, 5) is 44.4. The highest BCUT2D eigenvalue weighted by atomic mass is 16.8. The molecule has 0 bridgehead atoms. The molecule has 2 aliphatic carbocycles. The normalized spacial score (nSPS) is 42.9. The van der Waals surface area contributed by atoms with Crippen molar-refractivity contribution in [3.8, 4) is 0 Å². The van der Waals surface area contributed by atoms with Crippen molar-refractivity contribution >= 4 is 23.5 Å². The van der Waals surface area contributed by atoms with Crippen molar-refractivity contribution < 1.29 is 59.3 Å². The summed E-state index contributed by atoms with van der Waals surface area (Å²) >= 11 is 0. The van der Waals surface area contributed by atoms with Crippen LogP contribution in [0.3, 0.4) is 0 Å². The van der Waals surface area contributed by atoms with Gasteiger partial charge in [-0.15, -0.1) is 0 Å². The SMILES string of the molecule is CCOC(=O)CCN1C(=O)[C@H]2[C@H]3[C@H](O)[C@H](O)C/C(=N\O[C@@H]4O[C@H](CO)[C@@H](O)[C@H](O)[C@H]4O)[C@H]3CC[C@H]2C1=O. The second kappa shape index (κ2) is 11.3.